The summed E-state index contributed by atoms with van der Waals surface area (Å²) in [7, 11) is 1.48. The van der Waals surface area contributed by atoms with Gasteiger partial charge in [-0.1, -0.05) is 154 Å². The van der Waals surface area contributed by atoms with Crippen molar-refractivity contribution in [2.24, 2.45) is 0 Å². The molecule has 0 aliphatic heterocycles. The summed E-state index contributed by atoms with van der Waals surface area (Å²) in [6.45, 7) is 4.41. The van der Waals surface area contributed by atoms with Crippen LogP contribution >= 0.6 is 7.82 Å². The van der Waals surface area contributed by atoms with Gasteiger partial charge in [0.15, 0.2) is 6.10 Å². The van der Waals surface area contributed by atoms with E-state index in [4.69, 9.17) is 18.5 Å². The highest BCUT2D eigenvalue weighted by molar-refractivity contribution is 7.47. The predicted octanol–water partition coefficient (Wildman–Crippen LogP) is 11.8. The maximum atomic E-state index is 12.7. The van der Waals surface area contributed by atoms with Gasteiger partial charge in [-0.05, 0) is 38.5 Å². The zero-order valence-corrected chi connectivity index (χ0v) is 35.5. The molecule has 0 spiro atoms. The van der Waals surface area contributed by atoms with Crippen LogP contribution in [0.5, 0.6) is 0 Å². The summed E-state index contributed by atoms with van der Waals surface area (Å²) in [4.78, 5) is 35.3. The van der Waals surface area contributed by atoms with E-state index in [0.29, 0.717) is 23.9 Å². The van der Waals surface area contributed by atoms with Gasteiger partial charge in [-0.25, -0.2) is 4.57 Å². The number of hydrogen-bond donors (Lipinski definition) is 1. The lowest BCUT2D eigenvalue weighted by Gasteiger charge is -2.24. The third-order valence-corrected chi connectivity index (χ3v) is 10.3. The fraction of sp³-hybridized carbons (Fsp3) is 0.905. The molecule has 0 aromatic carbocycles. The van der Waals surface area contributed by atoms with Crippen LogP contribution in [-0.2, 0) is 32.7 Å². The number of hydrogen-bond acceptors (Lipinski definition) is 7. The van der Waals surface area contributed by atoms with E-state index in [2.05, 4.69) is 26.0 Å². The van der Waals surface area contributed by atoms with Crippen molar-refractivity contribution in [1.29, 1.82) is 0 Å². The lowest BCUT2D eigenvalue weighted by atomic mass is 10.1. The number of phosphoric ester groups is 1. The fourth-order valence-electron chi connectivity index (χ4n) is 5.89. The normalized spacial score (nSPS) is 13.7. The van der Waals surface area contributed by atoms with Crippen LogP contribution in [0.2, 0.25) is 0 Å². The van der Waals surface area contributed by atoms with E-state index in [0.717, 1.165) is 38.5 Å². The van der Waals surface area contributed by atoms with Crippen molar-refractivity contribution in [3.8, 4) is 0 Å². The van der Waals surface area contributed by atoms with Gasteiger partial charge in [-0.3, -0.25) is 18.6 Å². The van der Waals surface area contributed by atoms with E-state index in [1.54, 1.807) is 0 Å². The Labute approximate surface area is 320 Å². The minimum absolute atomic E-state index is 0.0343. The first-order chi connectivity index (χ1) is 25.0. The molecule has 0 radical (unpaired) electrons. The summed E-state index contributed by atoms with van der Waals surface area (Å²) in [6, 6.07) is 0. The number of likely N-dealkylation sites (N-methyl/N-ethyl adjacent to an activating group) is 1. The van der Waals surface area contributed by atoms with Crippen molar-refractivity contribution in [2.75, 3.05) is 47.5 Å². The molecule has 0 rings (SSSR count). The predicted molar refractivity (Wildman–Crippen MR) is 215 cm³/mol. The number of allylic oxidation sites excluding steroid dienone is 2. The summed E-state index contributed by atoms with van der Waals surface area (Å²) in [5.41, 5.74) is 0. The molecule has 0 aromatic heterocycles. The average Bonchev–Trinajstić information content (AvgIpc) is 3.09. The molecule has 0 bridgehead atoms. The molecule has 52 heavy (non-hydrogen) atoms. The van der Waals surface area contributed by atoms with Crippen molar-refractivity contribution in [3.63, 3.8) is 0 Å². The minimum atomic E-state index is -4.36. The molecule has 0 saturated heterocycles. The SMILES string of the molecule is CCCCCC/C=C/CCCCCCCCCCCC(=O)O[C@H](COC(=O)CCCCCCCCCCCCC)COP(=O)(O)OCC[N+](C)(C)C. The minimum Gasteiger partial charge on any atom is -0.462 e. The first-order valence-corrected chi connectivity index (χ1v) is 22.9. The smallest absolute Gasteiger partial charge is 0.462 e. The molecule has 0 amide bonds. The maximum absolute atomic E-state index is 12.7. The highest BCUT2D eigenvalue weighted by Gasteiger charge is 2.27. The van der Waals surface area contributed by atoms with Crippen LogP contribution in [0.25, 0.3) is 0 Å². The van der Waals surface area contributed by atoms with Crippen LogP contribution in [0.1, 0.15) is 194 Å². The molecule has 9 nitrogen and oxygen atoms in total. The molecule has 0 aromatic rings. The Hall–Kier alpha value is -1.25. The first kappa shape index (κ1) is 50.8. The Kier molecular flexibility index (Phi) is 34.6. The first-order valence-electron chi connectivity index (χ1n) is 21.4. The molecule has 0 heterocycles. The van der Waals surface area contributed by atoms with E-state index in [-0.39, 0.29) is 25.6 Å². The van der Waals surface area contributed by atoms with Gasteiger partial charge in [0.25, 0.3) is 0 Å². The second-order valence-corrected chi connectivity index (χ2v) is 17.2. The number of nitrogens with zero attached hydrogens (tertiary/aromatic N) is 1. The standard InChI is InChI=1S/C42H82NO8P/c1-6-8-10-12-14-16-18-19-20-21-22-23-25-27-29-31-33-35-42(45)51-40(39-50-52(46,47)49-37-36-43(3,4)5)38-48-41(44)34-32-30-28-26-24-17-15-13-11-9-7-2/h16,18,40H,6-15,17,19-39H2,1-5H3/p+1/b18-16+/t40-/m1/s1. The molecular weight excluding hydrogens is 677 g/mol. The van der Waals surface area contributed by atoms with Gasteiger partial charge >= 0.3 is 19.8 Å². The molecule has 2 atom stereocenters. The summed E-state index contributed by atoms with van der Waals surface area (Å²) in [5.74, 6) is -0.794. The second-order valence-electron chi connectivity index (χ2n) is 15.7. The highest BCUT2D eigenvalue weighted by atomic mass is 31.2. The summed E-state index contributed by atoms with van der Waals surface area (Å²) in [5, 5.41) is 0. The number of carbonyl (C=O) groups excluding carboxylic acids is 2. The number of unbranched alkanes of at least 4 members (excludes halogenated alkanes) is 23. The number of phosphoric acid groups is 1. The quantitative estimate of drug-likeness (QED) is 0.0217. The molecular formula is C42H83NO8P+. The summed E-state index contributed by atoms with van der Waals surface area (Å²) >= 11 is 0. The van der Waals surface area contributed by atoms with Crippen LogP contribution in [0.3, 0.4) is 0 Å². The lowest BCUT2D eigenvalue weighted by molar-refractivity contribution is -0.870. The molecule has 0 fully saturated rings. The third kappa shape index (κ3) is 38.5. The van der Waals surface area contributed by atoms with E-state index in [9.17, 15) is 19.0 Å². The molecule has 0 aliphatic carbocycles. The number of carbonyl (C=O) groups is 2. The highest BCUT2D eigenvalue weighted by Crippen LogP contribution is 2.43. The Balaban J connectivity index is 4.33. The van der Waals surface area contributed by atoms with E-state index in [1.807, 2.05) is 21.1 Å². The molecule has 1 N–H and O–H groups in total. The Bertz CT molecular complexity index is 907. The van der Waals surface area contributed by atoms with Crippen molar-refractivity contribution < 1.29 is 42.1 Å². The molecule has 0 aliphatic rings. The van der Waals surface area contributed by atoms with Gasteiger partial charge in [0, 0.05) is 12.8 Å². The van der Waals surface area contributed by atoms with Crippen LogP contribution < -0.4 is 0 Å². The fourth-order valence-corrected chi connectivity index (χ4v) is 6.63. The van der Waals surface area contributed by atoms with Gasteiger partial charge in [-0.2, -0.15) is 0 Å². The largest absolute Gasteiger partial charge is 0.472 e. The van der Waals surface area contributed by atoms with Gasteiger partial charge < -0.3 is 18.9 Å². The lowest BCUT2D eigenvalue weighted by Crippen LogP contribution is -2.37. The van der Waals surface area contributed by atoms with Gasteiger partial charge in [0.2, 0.25) is 0 Å². The molecule has 1 unspecified atom stereocenters. The number of ether oxygens (including phenoxy) is 2. The van der Waals surface area contributed by atoms with Gasteiger partial charge in [0.1, 0.15) is 19.8 Å². The van der Waals surface area contributed by atoms with Crippen LogP contribution in [-0.4, -0.2) is 74.9 Å². The maximum Gasteiger partial charge on any atom is 0.472 e. The number of esters is 2. The zero-order chi connectivity index (χ0) is 38.6. The Morgan fingerprint density at radius 1 is 0.577 bits per heavy atom. The van der Waals surface area contributed by atoms with Crippen molar-refractivity contribution >= 4 is 19.8 Å². The van der Waals surface area contributed by atoms with Crippen LogP contribution in [0.4, 0.5) is 0 Å². The van der Waals surface area contributed by atoms with E-state index >= 15 is 0 Å². The topological polar surface area (TPSA) is 108 Å². The molecule has 0 saturated carbocycles. The van der Waals surface area contributed by atoms with Crippen molar-refractivity contribution in [1.82, 2.24) is 0 Å². The number of quaternary nitrogens is 1. The van der Waals surface area contributed by atoms with Crippen molar-refractivity contribution in [3.05, 3.63) is 12.2 Å². The van der Waals surface area contributed by atoms with Crippen LogP contribution in [0.15, 0.2) is 12.2 Å². The molecule has 308 valence electrons. The number of rotatable bonds is 39. The monoisotopic (exact) mass is 761 g/mol. The van der Waals surface area contributed by atoms with Crippen molar-refractivity contribution in [2.45, 2.75) is 200 Å². The summed E-state index contributed by atoms with van der Waals surface area (Å²) in [6.07, 6.45) is 35.4. The second kappa shape index (κ2) is 35.5. The average molecular weight is 761 g/mol. The van der Waals surface area contributed by atoms with Gasteiger partial charge in [-0.15, -0.1) is 0 Å². The van der Waals surface area contributed by atoms with E-state index < -0.39 is 26.5 Å². The Morgan fingerprint density at radius 3 is 1.44 bits per heavy atom. The third-order valence-electron chi connectivity index (χ3n) is 9.30. The van der Waals surface area contributed by atoms with E-state index in [1.165, 1.54) is 122 Å². The van der Waals surface area contributed by atoms with Gasteiger partial charge in [0.05, 0.1) is 27.7 Å². The Morgan fingerprint density at radius 2 is 0.981 bits per heavy atom. The van der Waals surface area contributed by atoms with Crippen LogP contribution in [0, 0.1) is 0 Å². The zero-order valence-electron chi connectivity index (χ0n) is 34.6. The molecule has 10 heteroatoms. The summed E-state index contributed by atoms with van der Waals surface area (Å²) < 4.78 is 34.2.